The lowest BCUT2D eigenvalue weighted by Gasteiger charge is -2.31. The Labute approximate surface area is 165 Å². The van der Waals surface area contributed by atoms with Gasteiger partial charge in [-0.25, -0.2) is 0 Å². The predicted octanol–water partition coefficient (Wildman–Crippen LogP) is 4.03. The summed E-state index contributed by atoms with van der Waals surface area (Å²) in [6, 6.07) is 6.51. The summed E-state index contributed by atoms with van der Waals surface area (Å²) in [5.41, 5.74) is 1.59. The molecule has 0 saturated carbocycles. The van der Waals surface area contributed by atoms with E-state index in [1.54, 1.807) is 35.3 Å². The Kier molecular flexibility index (Phi) is 4.91. The maximum absolute atomic E-state index is 13.0. The predicted molar refractivity (Wildman–Crippen MR) is 103 cm³/mol. The Balaban J connectivity index is 1.54. The number of piperidine rings is 1. The molecule has 1 aliphatic heterocycles. The monoisotopic (exact) mass is 398 g/mol. The number of nitro benzene ring substituents is 1. The zero-order chi connectivity index (χ0) is 19.7. The highest BCUT2D eigenvalue weighted by molar-refractivity contribution is 7.08. The molecule has 1 aliphatic rings. The molecule has 8 nitrogen and oxygen atoms in total. The van der Waals surface area contributed by atoms with Gasteiger partial charge < -0.3 is 9.32 Å². The zero-order valence-corrected chi connectivity index (χ0v) is 16.0. The number of rotatable bonds is 4. The van der Waals surface area contributed by atoms with Gasteiger partial charge in [-0.1, -0.05) is 6.07 Å². The van der Waals surface area contributed by atoms with Crippen LogP contribution in [0.1, 0.15) is 40.6 Å². The average molecular weight is 398 g/mol. The Bertz CT molecular complexity index is 1010. The number of carbonyl (C=O) groups excluding carboxylic acids is 1. The fourth-order valence-electron chi connectivity index (χ4n) is 3.49. The number of benzene rings is 1. The third-order valence-electron chi connectivity index (χ3n) is 5.00. The SMILES string of the molecule is Cc1c(C(=O)N2CCCC(c3nnc(-c4ccsc4)o3)C2)cccc1[N+](=O)[O-]. The van der Waals surface area contributed by atoms with Crippen molar-refractivity contribution in [2.24, 2.45) is 0 Å². The van der Waals surface area contributed by atoms with Gasteiger partial charge in [0.15, 0.2) is 0 Å². The average Bonchev–Trinajstić information content (AvgIpc) is 3.39. The number of amides is 1. The van der Waals surface area contributed by atoms with Gasteiger partial charge >= 0.3 is 0 Å². The molecule has 0 aliphatic carbocycles. The van der Waals surface area contributed by atoms with Gasteiger partial charge in [0, 0.05) is 41.2 Å². The van der Waals surface area contributed by atoms with E-state index in [0.29, 0.717) is 36.0 Å². The molecule has 1 aromatic carbocycles. The lowest BCUT2D eigenvalue weighted by atomic mass is 9.96. The van der Waals surface area contributed by atoms with E-state index in [2.05, 4.69) is 10.2 Å². The second kappa shape index (κ2) is 7.51. The van der Waals surface area contributed by atoms with E-state index >= 15 is 0 Å². The first kappa shape index (κ1) is 18.3. The van der Waals surface area contributed by atoms with Crippen molar-refractivity contribution in [3.8, 4) is 11.5 Å². The number of thiophene rings is 1. The van der Waals surface area contributed by atoms with Gasteiger partial charge in [-0.05, 0) is 37.3 Å². The third-order valence-corrected chi connectivity index (χ3v) is 5.68. The molecular formula is C19H18N4O4S. The van der Waals surface area contributed by atoms with E-state index in [4.69, 9.17) is 4.42 Å². The normalized spacial score (nSPS) is 16.9. The van der Waals surface area contributed by atoms with Crippen molar-refractivity contribution in [3.63, 3.8) is 0 Å². The molecule has 4 rings (SSSR count). The molecule has 0 spiro atoms. The molecule has 144 valence electrons. The van der Waals surface area contributed by atoms with Crippen LogP contribution in [0.15, 0.2) is 39.4 Å². The molecule has 1 unspecified atom stereocenters. The first-order valence-electron chi connectivity index (χ1n) is 8.94. The maximum atomic E-state index is 13.0. The van der Waals surface area contributed by atoms with Gasteiger partial charge in [-0.15, -0.1) is 10.2 Å². The van der Waals surface area contributed by atoms with Crippen molar-refractivity contribution >= 4 is 22.9 Å². The van der Waals surface area contributed by atoms with Crippen LogP contribution in [0.25, 0.3) is 11.5 Å². The highest BCUT2D eigenvalue weighted by Crippen LogP contribution is 2.30. The van der Waals surface area contributed by atoms with E-state index in [1.807, 2.05) is 16.8 Å². The fraction of sp³-hybridized carbons (Fsp3) is 0.316. The molecule has 3 aromatic rings. The summed E-state index contributed by atoms with van der Waals surface area (Å²) in [7, 11) is 0. The lowest BCUT2D eigenvalue weighted by Crippen LogP contribution is -2.39. The summed E-state index contributed by atoms with van der Waals surface area (Å²) < 4.78 is 5.83. The summed E-state index contributed by atoms with van der Waals surface area (Å²) in [5.74, 6) is 0.753. The molecule has 0 radical (unpaired) electrons. The van der Waals surface area contributed by atoms with Crippen LogP contribution in [0, 0.1) is 17.0 Å². The van der Waals surface area contributed by atoms with Gasteiger partial charge in [-0.3, -0.25) is 14.9 Å². The maximum Gasteiger partial charge on any atom is 0.273 e. The summed E-state index contributed by atoms with van der Waals surface area (Å²) >= 11 is 1.56. The Hall–Kier alpha value is -3.07. The van der Waals surface area contributed by atoms with Crippen molar-refractivity contribution < 1.29 is 14.1 Å². The number of hydrogen-bond acceptors (Lipinski definition) is 7. The van der Waals surface area contributed by atoms with Crippen LogP contribution in [-0.2, 0) is 0 Å². The molecule has 1 amide bonds. The second-order valence-corrected chi connectivity index (χ2v) is 7.53. The molecule has 0 bridgehead atoms. The molecular weight excluding hydrogens is 380 g/mol. The van der Waals surface area contributed by atoms with Gasteiger partial charge in [0.2, 0.25) is 11.8 Å². The van der Waals surface area contributed by atoms with E-state index < -0.39 is 4.92 Å². The topological polar surface area (TPSA) is 102 Å². The molecule has 3 heterocycles. The highest BCUT2D eigenvalue weighted by atomic mass is 32.1. The number of carbonyl (C=O) groups is 1. The summed E-state index contributed by atoms with van der Waals surface area (Å²) in [5, 5.41) is 23.3. The summed E-state index contributed by atoms with van der Waals surface area (Å²) in [6.07, 6.45) is 1.66. The van der Waals surface area contributed by atoms with Crippen LogP contribution in [0.4, 0.5) is 5.69 Å². The van der Waals surface area contributed by atoms with Gasteiger partial charge in [0.05, 0.1) is 10.8 Å². The van der Waals surface area contributed by atoms with E-state index in [-0.39, 0.29) is 17.5 Å². The van der Waals surface area contributed by atoms with Crippen LogP contribution < -0.4 is 0 Å². The van der Waals surface area contributed by atoms with Crippen molar-refractivity contribution in [2.45, 2.75) is 25.7 Å². The van der Waals surface area contributed by atoms with Crippen LogP contribution >= 0.6 is 11.3 Å². The van der Waals surface area contributed by atoms with Crippen molar-refractivity contribution in [1.29, 1.82) is 0 Å². The van der Waals surface area contributed by atoms with Crippen LogP contribution in [-0.4, -0.2) is 39.0 Å². The molecule has 0 N–H and O–H groups in total. The van der Waals surface area contributed by atoms with E-state index in [0.717, 1.165) is 18.4 Å². The van der Waals surface area contributed by atoms with Crippen LogP contribution in [0.3, 0.4) is 0 Å². The number of likely N-dealkylation sites (tertiary alicyclic amines) is 1. The minimum Gasteiger partial charge on any atom is -0.420 e. The number of hydrogen-bond donors (Lipinski definition) is 0. The number of nitrogens with zero attached hydrogens (tertiary/aromatic N) is 4. The number of nitro groups is 1. The standard InChI is InChI=1S/C19H18N4O4S/c1-12-15(5-2-6-16(12)23(25)26)19(24)22-8-3-4-13(10-22)17-20-21-18(27-17)14-7-9-28-11-14/h2,5-7,9,11,13H,3-4,8,10H2,1H3. The Morgan fingerprint density at radius 3 is 2.96 bits per heavy atom. The minimum atomic E-state index is -0.463. The third kappa shape index (κ3) is 3.40. The molecule has 1 atom stereocenters. The van der Waals surface area contributed by atoms with Gasteiger partial charge in [0.25, 0.3) is 11.6 Å². The van der Waals surface area contributed by atoms with Crippen molar-refractivity contribution in [3.05, 3.63) is 62.2 Å². The first-order valence-corrected chi connectivity index (χ1v) is 9.88. The van der Waals surface area contributed by atoms with Crippen molar-refractivity contribution in [1.82, 2.24) is 15.1 Å². The van der Waals surface area contributed by atoms with Crippen molar-refractivity contribution in [2.75, 3.05) is 13.1 Å². The largest absolute Gasteiger partial charge is 0.420 e. The number of aromatic nitrogens is 2. The van der Waals surface area contributed by atoms with Crippen LogP contribution in [0.5, 0.6) is 0 Å². The lowest BCUT2D eigenvalue weighted by molar-refractivity contribution is -0.385. The molecule has 28 heavy (non-hydrogen) atoms. The minimum absolute atomic E-state index is 0.0447. The van der Waals surface area contributed by atoms with Gasteiger partial charge in [0.1, 0.15) is 0 Å². The summed E-state index contributed by atoms with van der Waals surface area (Å²) in [6.45, 7) is 2.66. The first-order chi connectivity index (χ1) is 13.5. The Morgan fingerprint density at radius 1 is 1.36 bits per heavy atom. The van der Waals surface area contributed by atoms with Crippen LogP contribution in [0.2, 0.25) is 0 Å². The summed E-state index contributed by atoms with van der Waals surface area (Å²) in [4.78, 5) is 25.4. The smallest absolute Gasteiger partial charge is 0.273 e. The van der Waals surface area contributed by atoms with E-state index in [9.17, 15) is 14.9 Å². The Morgan fingerprint density at radius 2 is 2.21 bits per heavy atom. The van der Waals surface area contributed by atoms with Gasteiger partial charge in [-0.2, -0.15) is 11.3 Å². The highest BCUT2D eigenvalue weighted by Gasteiger charge is 2.30. The quantitative estimate of drug-likeness (QED) is 0.485. The zero-order valence-electron chi connectivity index (χ0n) is 15.2. The second-order valence-electron chi connectivity index (χ2n) is 6.75. The molecule has 9 heteroatoms. The molecule has 1 fully saturated rings. The van der Waals surface area contributed by atoms with E-state index in [1.165, 1.54) is 6.07 Å². The fourth-order valence-corrected chi connectivity index (χ4v) is 4.12. The molecule has 1 saturated heterocycles. The molecule has 2 aromatic heterocycles.